The molecule has 3 saturated heterocycles. The number of halogens is 3. The van der Waals surface area contributed by atoms with Crippen molar-refractivity contribution < 1.29 is 44.9 Å². The van der Waals surface area contributed by atoms with E-state index >= 15 is 0 Å². The second kappa shape index (κ2) is 7.70. The van der Waals surface area contributed by atoms with Gasteiger partial charge >= 0.3 is 5.97 Å². The van der Waals surface area contributed by atoms with Crippen molar-refractivity contribution in [1.29, 1.82) is 0 Å². The van der Waals surface area contributed by atoms with E-state index in [0.717, 1.165) is 12.8 Å². The molecule has 3 heterocycles. The molecule has 0 aliphatic carbocycles. The first-order valence-electron chi connectivity index (χ1n) is 10.2. The van der Waals surface area contributed by atoms with Gasteiger partial charge in [0.2, 0.25) is 5.60 Å². The average molecular weight is 480 g/mol. The van der Waals surface area contributed by atoms with Crippen molar-refractivity contribution >= 4 is 5.97 Å². The number of piperidine rings is 1. The van der Waals surface area contributed by atoms with Crippen molar-refractivity contribution in [3.63, 3.8) is 0 Å². The summed E-state index contributed by atoms with van der Waals surface area (Å²) in [6.45, 7) is 2.45. The van der Waals surface area contributed by atoms with E-state index in [1.54, 1.807) is 0 Å². The molecule has 160 valence electrons. The van der Waals surface area contributed by atoms with Crippen LogP contribution in [0.1, 0.15) is 36.8 Å². The topological polar surface area (TPSA) is 46.5 Å². The minimum absolute atomic E-state index is 0. The van der Waals surface area contributed by atoms with E-state index in [1.807, 2.05) is 0 Å². The van der Waals surface area contributed by atoms with Crippen molar-refractivity contribution in [2.24, 2.45) is 0 Å². The Balaban J connectivity index is 0.00000218. The third-order valence-electron chi connectivity index (χ3n) is 7.19. The molecule has 0 aromatic heterocycles. The Morgan fingerprint density at radius 1 is 0.900 bits per heavy atom. The zero-order chi connectivity index (χ0) is 20.2. The van der Waals surface area contributed by atoms with Crippen LogP contribution in [0, 0.1) is 11.6 Å². The maximum atomic E-state index is 13.4. The van der Waals surface area contributed by atoms with Gasteiger partial charge in [0.25, 0.3) is 0 Å². The van der Waals surface area contributed by atoms with Gasteiger partial charge < -0.3 is 31.3 Å². The fourth-order valence-electron chi connectivity index (χ4n) is 5.52. The Hall–Kier alpha value is -1.83. The van der Waals surface area contributed by atoms with Crippen LogP contribution in [0.2, 0.25) is 0 Å². The number of carbonyl (C=O) groups excluding carboxylic acids is 1. The number of esters is 1. The van der Waals surface area contributed by atoms with Gasteiger partial charge in [-0.3, -0.25) is 0 Å². The maximum absolute atomic E-state index is 13.4. The second-order valence-electron chi connectivity index (χ2n) is 8.66. The van der Waals surface area contributed by atoms with Crippen LogP contribution in [-0.4, -0.2) is 46.8 Å². The third-order valence-corrected chi connectivity index (χ3v) is 7.19. The van der Waals surface area contributed by atoms with Crippen molar-refractivity contribution in [2.75, 3.05) is 13.1 Å². The van der Waals surface area contributed by atoms with Gasteiger partial charge in [0.15, 0.2) is 0 Å². The quantitative estimate of drug-likeness (QED) is 0.389. The fourth-order valence-corrected chi connectivity index (χ4v) is 5.52. The molecule has 3 aliphatic rings. The average Bonchev–Trinajstić information content (AvgIpc) is 3.47. The molecule has 2 aromatic carbocycles. The smallest absolute Gasteiger partial charge is 0.347 e. The van der Waals surface area contributed by atoms with E-state index in [1.165, 1.54) is 78.9 Å². The molecular formula is C23H24BrF2NO3. The Bertz CT molecular complexity index is 869. The predicted octanol–water partition coefficient (Wildman–Crippen LogP) is 0.272. The molecule has 7 heteroatoms. The van der Waals surface area contributed by atoms with Gasteiger partial charge in [-0.2, -0.15) is 0 Å². The number of benzene rings is 2. The van der Waals surface area contributed by atoms with E-state index in [9.17, 15) is 18.7 Å². The summed E-state index contributed by atoms with van der Waals surface area (Å²) in [6.07, 6.45) is 3.71. The number of nitrogens with zero attached hydrogens (tertiary/aromatic N) is 1. The number of carbonyl (C=O) groups is 1. The van der Waals surface area contributed by atoms with Crippen molar-refractivity contribution in [2.45, 2.75) is 49.5 Å². The number of hydrogen-bond donors (Lipinski definition) is 1. The maximum Gasteiger partial charge on any atom is 0.347 e. The fraction of sp³-hybridized carbons (Fsp3) is 0.435. The van der Waals surface area contributed by atoms with E-state index in [2.05, 4.69) is 0 Å². The minimum atomic E-state index is -2.12. The summed E-state index contributed by atoms with van der Waals surface area (Å²) in [7, 11) is 0. The van der Waals surface area contributed by atoms with Crippen molar-refractivity contribution in [1.82, 2.24) is 0 Å². The molecule has 3 aliphatic heterocycles. The van der Waals surface area contributed by atoms with E-state index in [0.29, 0.717) is 12.1 Å². The van der Waals surface area contributed by atoms with E-state index < -0.39 is 23.2 Å². The highest BCUT2D eigenvalue weighted by Crippen LogP contribution is 2.49. The molecule has 0 amide bonds. The van der Waals surface area contributed by atoms with Gasteiger partial charge in [0.1, 0.15) is 30.8 Å². The molecule has 3 fully saturated rings. The van der Waals surface area contributed by atoms with Gasteiger partial charge in [0, 0.05) is 25.7 Å². The number of ether oxygens (including phenoxy) is 1. The van der Waals surface area contributed by atoms with Gasteiger partial charge in [-0.05, 0) is 35.4 Å². The minimum Gasteiger partial charge on any atom is -1.00 e. The summed E-state index contributed by atoms with van der Waals surface area (Å²) in [5.41, 5.74) is -1.73. The highest BCUT2D eigenvalue weighted by atomic mass is 79.9. The number of quaternary nitrogens is 1. The Labute approximate surface area is 184 Å². The van der Waals surface area contributed by atoms with Crippen LogP contribution in [0.25, 0.3) is 0 Å². The summed E-state index contributed by atoms with van der Waals surface area (Å²) in [6, 6.07) is 11.3. The normalized spacial score (nSPS) is 26.2. The van der Waals surface area contributed by atoms with Crippen molar-refractivity contribution in [3.8, 4) is 0 Å². The van der Waals surface area contributed by atoms with Crippen molar-refractivity contribution in [3.05, 3.63) is 71.3 Å². The highest BCUT2D eigenvalue weighted by Gasteiger charge is 2.62. The molecule has 1 spiro atoms. The zero-order valence-electron chi connectivity index (χ0n) is 16.4. The largest absolute Gasteiger partial charge is 1.00 e. The lowest BCUT2D eigenvalue weighted by Gasteiger charge is -2.37. The first kappa shape index (κ1) is 21.4. The first-order chi connectivity index (χ1) is 13.9. The summed E-state index contributed by atoms with van der Waals surface area (Å²) in [4.78, 5) is 13.2. The number of rotatable bonds is 4. The Morgan fingerprint density at radius 3 is 1.73 bits per heavy atom. The lowest BCUT2D eigenvalue weighted by molar-refractivity contribution is -0.846. The first-order valence-corrected chi connectivity index (χ1v) is 10.2. The second-order valence-corrected chi connectivity index (χ2v) is 8.66. The molecule has 2 unspecified atom stereocenters. The third kappa shape index (κ3) is 3.37. The lowest BCUT2D eigenvalue weighted by atomic mass is 9.86. The number of aliphatic hydroxyl groups is 1. The van der Waals surface area contributed by atoms with E-state index in [-0.39, 0.29) is 34.2 Å². The summed E-state index contributed by atoms with van der Waals surface area (Å²) in [5, 5.41) is 11.5. The van der Waals surface area contributed by atoms with Crippen LogP contribution in [0.4, 0.5) is 8.78 Å². The van der Waals surface area contributed by atoms with Gasteiger partial charge in [-0.15, -0.1) is 0 Å². The molecule has 2 atom stereocenters. The van der Waals surface area contributed by atoms with Crippen LogP contribution < -0.4 is 17.0 Å². The van der Waals surface area contributed by atoms with E-state index in [4.69, 9.17) is 4.74 Å². The Kier molecular flexibility index (Phi) is 5.49. The van der Waals surface area contributed by atoms with Gasteiger partial charge in [-0.1, -0.05) is 24.3 Å². The van der Waals surface area contributed by atoms with Crippen LogP contribution in [0.15, 0.2) is 48.5 Å². The molecule has 30 heavy (non-hydrogen) atoms. The van der Waals surface area contributed by atoms with Gasteiger partial charge in [0.05, 0.1) is 12.1 Å². The van der Waals surface area contributed by atoms with Crippen LogP contribution >= 0.6 is 0 Å². The predicted molar refractivity (Wildman–Crippen MR) is 102 cm³/mol. The molecule has 0 radical (unpaired) electrons. The van der Waals surface area contributed by atoms with Crippen LogP contribution in [-0.2, 0) is 15.1 Å². The summed E-state index contributed by atoms with van der Waals surface area (Å²) in [5.74, 6) is -1.74. The highest BCUT2D eigenvalue weighted by molar-refractivity contribution is 5.85. The zero-order valence-corrected chi connectivity index (χ0v) is 18.0. The molecule has 5 rings (SSSR count). The molecule has 1 N–H and O–H groups in total. The summed E-state index contributed by atoms with van der Waals surface area (Å²) < 4.78 is 33.9. The molecule has 2 aromatic rings. The summed E-state index contributed by atoms with van der Waals surface area (Å²) >= 11 is 0. The van der Waals surface area contributed by atoms with Crippen LogP contribution in [0.5, 0.6) is 0 Å². The lowest BCUT2D eigenvalue weighted by Crippen LogP contribution is -3.00. The molecule has 4 nitrogen and oxygen atoms in total. The van der Waals surface area contributed by atoms with Gasteiger partial charge in [-0.25, -0.2) is 13.6 Å². The SMILES string of the molecule is O=C(OC1CC2CCC(C1)[N+]21CC1)C(O)(c1ccc(F)cc1)c1ccc(F)cc1.[Br-]. The monoisotopic (exact) mass is 479 g/mol. The molecular weight excluding hydrogens is 456 g/mol. The number of hydrogen-bond acceptors (Lipinski definition) is 3. The standard InChI is InChI=1S/C23H24F2NO3.BrH/c24-17-5-1-15(2-6-17)23(28,16-3-7-18(25)8-4-16)22(27)29-21-13-19-9-10-20(14-21)26(19)11-12-26;/h1-8,19-21,28H,9-14H2;1H/q+1;/p-1. The molecule has 2 bridgehead atoms. The van der Waals surface area contributed by atoms with Crippen LogP contribution in [0.3, 0.4) is 0 Å². The Morgan fingerprint density at radius 2 is 1.33 bits per heavy atom. The molecule has 0 saturated carbocycles.